The first kappa shape index (κ1) is 15.6. The standard InChI is InChI=1S/C18H23N3O2/c1-13(2)16-11-17(23-19-16)18(22)21-10-9-20(12-14(21)3)15-7-5-4-6-8-15/h4-8,11,13-14H,9-10,12H2,1-3H3. The van der Waals surface area contributed by atoms with Crippen LogP contribution in [-0.4, -0.2) is 41.6 Å². The first-order valence-corrected chi connectivity index (χ1v) is 8.14. The normalized spacial score (nSPS) is 18.5. The number of para-hydroxylation sites is 1. The van der Waals surface area contributed by atoms with E-state index in [1.54, 1.807) is 6.07 Å². The summed E-state index contributed by atoms with van der Waals surface area (Å²) in [4.78, 5) is 16.9. The Balaban J connectivity index is 1.69. The van der Waals surface area contributed by atoms with E-state index < -0.39 is 0 Å². The van der Waals surface area contributed by atoms with Gasteiger partial charge in [0.2, 0.25) is 5.76 Å². The molecule has 3 rings (SSSR count). The van der Waals surface area contributed by atoms with Crippen LogP contribution in [-0.2, 0) is 0 Å². The van der Waals surface area contributed by atoms with Crippen LogP contribution in [0.3, 0.4) is 0 Å². The fraction of sp³-hybridized carbons (Fsp3) is 0.444. The van der Waals surface area contributed by atoms with Gasteiger partial charge in [-0.05, 0) is 25.0 Å². The Labute approximate surface area is 136 Å². The van der Waals surface area contributed by atoms with Crippen LogP contribution in [0.2, 0.25) is 0 Å². The van der Waals surface area contributed by atoms with Crippen LogP contribution < -0.4 is 4.90 Å². The van der Waals surface area contributed by atoms with Gasteiger partial charge >= 0.3 is 0 Å². The Morgan fingerprint density at radius 1 is 1.26 bits per heavy atom. The van der Waals surface area contributed by atoms with Gasteiger partial charge in [0.15, 0.2) is 0 Å². The third-order valence-corrected chi connectivity index (χ3v) is 4.34. The van der Waals surface area contributed by atoms with Gasteiger partial charge in [-0.25, -0.2) is 0 Å². The van der Waals surface area contributed by atoms with Crippen LogP contribution in [0.4, 0.5) is 5.69 Å². The number of piperazine rings is 1. The molecular weight excluding hydrogens is 290 g/mol. The Kier molecular flexibility index (Phi) is 4.37. The van der Waals surface area contributed by atoms with Crippen molar-refractivity contribution in [3.63, 3.8) is 0 Å². The number of hydrogen-bond donors (Lipinski definition) is 0. The van der Waals surface area contributed by atoms with Crippen LogP contribution >= 0.6 is 0 Å². The maximum atomic E-state index is 12.7. The fourth-order valence-electron chi connectivity index (χ4n) is 2.94. The molecule has 1 fully saturated rings. The summed E-state index contributed by atoms with van der Waals surface area (Å²) in [6.07, 6.45) is 0. The summed E-state index contributed by atoms with van der Waals surface area (Å²) in [5, 5.41) is 3.99. The molecule has 0 bridgehead atoms. The van der Waals surface area contributed by atoms with Crippen molar-refractivity contribution < 1.29 is 9.32 Å². The molecule has 1 atom stereocenters. The zero-order chi connectivity index (χ0) is 16.4. The maximum Gasteiger partial charge on any atom is 0.292 e. The molecule has 1 amide bonds. The molecule has 1 aromatic heterocycles. The number of carbonyl (C=O) groups excluding carboxylic acids is 1. The van der Waals surface area contributed by atoms with Gasteiger partial charge in [-0.2, -0.15) is 0 Å². The summed E-state index contributed by atoms with van der Waals surface area (Å²) in [5.41, 5.74) is 2.03. The fourth-order valence-corrected chi connectivity index (χ4v) is 2.94. The highest BCUT2D eigenvalue weighted by Gasteiger charge is 2.30. The Bertz CT molecular complexity index is 666. The molecule has 0 saturated carbocycles. The molecule has 0 radical (unpaired) electrons. The van der Waals surface area contributed by atoms with E-state index in [0.29, 0.717) is 12.3 Å². The average molecular weight is 313 g/mol. The van der Waals surface area contributed by atoms with Gasteiger partial charge < -0.3 is 14.3 Å². The molecule has 1 saturated heterocycles. The number of rotatable bonds is 3. The highest BCUT2D eigenvalue weighted by atomic mass is 16.5. The predicted molar refractivity (Wildman–Crippen MR) is 89.7 cm³/mol. The second-order valence-electron chi connectivity index (χ2n) is 6.40. The molecular formula is C18H23N3O2. The Hall–Kier alpha value is -2.30. The monoisotopic (exact) mass is 313 g/mol. The third-order valence-electron chi connectivity index (χ3n) is 4.34. The Morgan fingerprint density at radius 3 is 2.61 bits per heavy atom. The van der Waals surface area contributed by atoms with Gasteiger partial charge in [0.1, 0.15) is 0 Å². The molecule has 5 nitrogen and oxygen atoms in total. The van der Waals surface area contributed by atoms with Gasteiger partial charge in [0.05, 0.1) is 5.69 Å². The topological polar surface area (TPSA) is 49.6 Å². The predicted octanol–water partition coefficient (Wildman–Crippen LogP) is 3.15. The molecule has 23 heavy (non-hydrogen) atoms. The molecule has 2 heterocycles. The maximum absolute atomic E-state index is 12.7. The van der Waals surface area contributed by atoms with E-state index >= 15 is 0 Å². The summed E-state index contributed by atoms with van der Waals surface area (Å²) >= 11 is 0. The molecule has 1 unspecified atom stereocenters. The molecule has 1 aliphatic heterocycles. The minimum absolute atomic E-state index is 0.0652. The van der Waals surface area contributed by atoms with E-state index in [1.165, 1.54) is 5.69 Å². The summed E-state index contributed by atoms with van der Waals surface area (Å²) in [6, 6.07) is 12.2. The lowest BCUT2D eigenvalue weighted by Gasteiger charge is -2.40. The molecule has 0 spiro atoms. The van der Waals surface area contributed by atoms with Crippen LogP contribution in [0.25, 0.3) is 0 Å². The van der Waals surface area contributed by atoms with Crippen LogP contribution in [0.15, 0.2) is 40.9 Å². The number of anilines is 1. The average Bonchev–Trinajstić information content (AvgIpc) is 3.05. The van der Waals surface area contributed by atoms with E-state index in [4.69, 9.17) is 4.52 Å². The second-order valence-corrected chi connectivity index (χ2v) is 6.40. The number of benzene rings is 1. The van der Waals surface area contributed by atoms with Crippen molar-refractivity contribution >= 4 is 11.6 Å². The Morgan fingerprint density at radius 2 is 2.00 bits per heavy atom. The molecule has 2 aromatic rings. The SMILES string of the molecule is CC(C)c1cc(C(=O)N2CCN(c3ccccc3)CC2C)on1. The van der Waals surface area contributed by atoms with Gasteiger partial charge in [-0.15, -0.1) is 0 Å². The van der Waals surface area contributed by atoms with Crippen molar-refractivity contribution in [3.8, 4) is 0 Å². The zero-order valence-corrected chi connectivity index (χ0v) is 13.9. The molecule has 0 aliphatic carbocycles. The zero-order valence-electron chi connectivity index (χ0n) is 13.9. The molecule has 1 aliphatic rings. The highest BCUT2D eigenvalue weighted by molar-refractivity contribution is 5.92. The molecule has 5 heteroatoms. The largest absolute Gasteiger partial charge is 0.368 e. The van der Waals surface area contributed by atoms with E-state index in [-0.39, 0.29) is 17.9 Å². The quantitative estimate of drug-likeness (QED) is 0.873. The number of aromatic nitrogens is 1. The number of amides is 1. The smallest absolute Gasteiger partial charge is 0.292 e. The van der Waals surface area contributed by atoms with Crippen molar-refractivity contribution in [1.29, 1.82) is 0 Å². The van der Waals surface area contributed by atoms with Crippen LogP contribution in [0.5, 0.6) is 0 Å². The van der Waals surface area contributed by atoms with Gasteiger partial charge in [-0.3, -0.25) is 4.79 Å². The minimum Gasteiger partial charge on any atom is -0.368 e. The highest BCUT2D eigenvalue weighted by Crippen LogP contribution is 2.21. The third kappa shape index (κ3) is 3.23. The van der Waals surface area contributed by atoms with E-state index in [0.717, 1.165) is 18.8 Å². The lowest BCUT2D eigenvalue weighted by Crippen LogP contribution is -2.54. The van der Waals surface area contributed by atoms with Crippen molar-refractivity contribution in [1.82, 2.24) is 10.1 Å². The lowest BCUT2D eigenvalue weighted by molar-refractivity contribution is 0.0631. The van der Waals surface area contributed by atoms with Crippen LogP contribution in [0.1, 0.15) is 42.9 Å². The minimum atomic E-state index is -0.0652. The second kappa shape index (κ2) is 6.44. The van der Waals surface area contributed by atoms with Gasteiger partial charge in [-0.1, -0.05) is 37.2 Å². The lowest BCUT2D eigenvalue weighted by atomic mass is 10.1. The van der Waals surface area contributed by atoms with Gasteiger partial charge in [0.25, 0.3) is 5.91 Å². The summed E-state index contributed by atoms with van der Waals surface area (Å²) in [5.74, 6) is 0.533. The summed E-state index contributed by atoms with van der Waals surface area (Å²) in [6.45, 7) is 8.48. The van der Waals surface area contributed by atoms with E-state index in [2.05, 4.69) is 29.1 Å². The number of hydrogen-bond acceptors (Lipinski definition) is 4. The van der Waals surface area contributed by atoms with E-state index in [1.807, 2.05) is 36.9 Å². The number of carbonyl (C=O) groups is 1. The van der Waals surface area contributed by atoms with Crippen molar-refractivity contribution in [3.05, 3.63) is 47.9 Å². The summed E-state index contributed by atoms with van der Waals surface area (Å²) in [7, 11) is 0. The molecule has 1 aromatic carbocycles. The van der Waals surface area contributed by atoms with Gasteiger partial charge in [0, 0.05) is 37.4 Å². The van der Waals surface area contributed by atoms with E-state index in [9.17, 15) is 4.79 Å². The molecule has 122 valence electrons. The first-order chi connectivity index (χ1) is 11.1. The van der Waals surface area contributed by atoms with Crippen LogP contribution in [0, 0.1) is 0 Å². The van der Waals surface area contributed by atoms with Crippen molar-refractivity contribution in [2.75, 3.05) is 24.5 Å². The van der Waals surface area contributed by atoms with Crippen molar-refractivity contribution in [2.24, 2.45) is 0 Å². The number of nitrogens with zero attached hydrogens (tertiary/aromatic N) is 3. The first-order valence-electron chi connectivity index (χ1n) is 8.14. The van der Waals surface area contributed by atoms with Crippen molar-refractivity contribution in [2.45, 2.75) is 32.7 Å². The molecule has 0 N–H and O–H groups in total. The summed E-state index contributed by atoms with van der Waals surface area (Å²) < 4.78 is 5.25.